The fourth-order valence-electron chi connectivity index (χ4n) is 3.92. The van der Waals surface area contributed by atoms with Crippen LogP contribution in [0.25, 0.3) is 11.1 Å². The van der Waals surface area contributed by atoms with Gasteiger partial charge >= 0.3 is 0 Å². The molecule has 2 atom stereocenters. The molecule has 1 aromatic heterocycles. The Balaban J connectivity index is 1.62. The zero-order valence-corrected chi connectivity index (χ0v) is 13.9. The van der Waals surface area contributed by atoms with Crippen molar-refractivity contribution in [3.05, 3.63) is 53.9 Å². The minimum atomic E-state index is -0.598. The fraction of sp³-hybridized carbons (Fsp3) is 0.368. The van der Waals surface area contributed by atoms with Crippen LogP contribution in [0, 0.1) is 11.6 Å². The SMILES string of the molecule is CN1CC[C@@]2(CC[C@H](c3cc(-c4ccc(F)cc4F)ccn3)N2)C1=O. The predicted octanol–water partition coefficient (Wildman–Crippen LogP) is 3.05. The van der Waals surface area contributed by atoms with Crippen molar-refractivity contribution in [3.8, 4) is 11.1 Å². The Morgan fingerprint density at radius 2 is 2.08 bits per heavy atom. The zero-order valence-electron chi connectivity index (χ0n) is 13.9. The molecule has 2 aliphatic heterocycles. The molecule has 6 heteroatoms. The van der Waals surface area contributed by atoms with Gasteiger partial charge < -0.3 is 4.90 Å². The summed E-state index contributed by atoms with van der Waals surface area (Å²) in [5.74, 6) is -1.06. The quantitative estimate of drug-likeness (QED) is 0.912. The lowest BCUT2D eigenvalue weighted by molar-refractivity contribution is -0.131. The standard InChI is InChI=1S/C19H19F2N3O/c1-24-9-7-19(18(24)25)6-4-16(23-19)17-10-12(5-8-22-17)14-3-2-13(20)11-15(14)21/h2-3,5,8,10-11,16,23H,4,6-7,9H2,1H3/t16-,19+/m1/s1. The average Bonchev–Trinajstić information content (AvgIpc) is 3.15. The molecule has 2 aromatic rings. The molecule has 1 aromatic carbocycles. The van der Waals surface area contributed by atoms with Gasteiger partial charge in [0.15, 0.2) is 0 Å². The topological polar surface area (TPSA) is 45.2 Å². The summed E-state index contributed by atoms with van der Waals surface area (Å²) in [4.78, 5) is 18.6. The van der Waals surface area contributed by atoms with Crippen LogP contribution in [0.1, 0.15) is 31.0 Å². The number of aromatic nitrogens is 1. The van der Waals surface area contributed by atoms with E-state index in [2.05, 4.69) is 10.3 Å². The monoisotopic (exact) mass is 343 g/mol. The third-order valence-corrected chi connectivity index (χ3v) is 5.32. The van der Waals surface area contributed by atoms with Crippen molar-refractivity contribution in [1.29, 1.82) is 0 Å². The average molecular weight is 343 g/mol. The van der Waals surface area contributed by atoms with Gasteiger partial charge in [0.05, 0.1) is 11.7 Å². The second kappa shape index (κ2) is 5.88. The van der Waals surface area contributed by atoms with E-state index in [4.69, 9.17) is 0 Å². The minimum Gasteiger partial charge on any atom is -0.344 e. The van der Waals surface area contributed by atoms with Crippen LogP contribution >= 0.6 is 0 Å². The molecule has 0 aliphatic carbocycles. The van der Waals surface area contributed by atoms with Gasteiger partial charge in [-0.2, -0.15) is 0 Å². The maximum Gasteiger partial charge on any atom is 0.242 e. The van der Waals surface area contributed by atoms with Crippen LogP contribution in [-0.4, -0.2) is 34.9 Å². The van der Waals surface area contributed by atoms with Crippen LogP contribution in [0.4, 0.5) is 8.78 Å². The molecule has 2 aliphatic rings. The Labute approximate surface area is 144 Å². The van der Waals surface area contributed by atoms with Crippen molar-refractivity contribution in [2.45, 2.75) is 30.8 Å². The maximum atomic E-state index is 14.1. The third kappa shape index (κ3) is 2.70. The fourth-order valence-corrected chi connectivity index (χ4v) is 3.92. The molecule has 130 valence electrons. The number of rotatable bonds is 2. The van der Waals surface area contributed by atoms with Crippen molar-refractivity contribution in [3.63, 3.8) is 0 Å². The second-order valence-corrected chi connectivity index (χ2v) is 6.89. The van der Waals surface area contributed by atoms with E-state index >= 15 is 0 Å². The van der Waals surface area contributed by atoms with E-state index in [1.165, 1.54) is 12.1 Å². The number of nitrogens with one attached hydrogen (secondary N) is 1. The summed E-state index contributed by atoms with van der Waals surface area (Å²) in [5.41, 5.74) is 1.29. The van der Waals surface area contributed by atoms with E-state index in [1.54, 1.807) is 17.2 Å². The number of amides is 1. The summed E-state index contributed by atoms with van der Waals surface area (Å²) in [6, 6.07) is 7.04. The summed E-state index contributed by atoms with van der Waals surface area (Å²) in [6.45, 7) is 0.757. The first-order chi connectivity index (χ1) is 12.0. The van der Waals surface area contributed by atoms with E-state index in [0.717, 1.165) is 37.6 Å². The number of likely N-dealkylation sites (tertiary alicyclic amines) is 1. The van der Waals surface area contributed by atoms with Crippen LogP contribution in [0.2, 0.25) is 0 Å². The molecule has 0 unspecified atom stereocenters. The van der Waals surface area contributed by atoms with Gasteiger partial charge in [0.1, 0.15) is 17.2 Å². The highest BCUT2D eigenvalue weighted by Gasteiger charge is 2.50. The van der Waals surface area contributed by atoms with Gasteiger partial charge in [-0.05, 0) is 49.1 Å². The van der Waals surface area contributed by atoms with Gasteiger partial charge in [0.25, 0.3) is 0 Å². The van der Waals surface area contributed by atoms with Gasteiger partial charge in [0, 0.05) is 31.4 Å². The summed E-state index contributed by atoms with van der Waals surface area (Å²) < 4.78 is 27.2. The van der Waals surface area contributed by atoms with Crippen LogP contribution in [0.3, 0.4) is 0 Å². The van der Waals surface area contributed by atoms with Crippen molar-refractivity contribution in [1.82, 2.24) is 15.2 Å². The lowest BCUT2D eigenvalue weighted by Crippen LogP contribution is -2.47. The van der Waals surface area contributed by atoms with Crippen LogP contribution in [0.15, 0.2) is 36.5 Å². The van der Waals surface area contributed by atoms with Crippen molar-refractivity contribution in [2.24, 2.45) is 0 Å². The Morgan fingerprint density at radius 1 is 1.24 bits per heavy atom. The molecule has 1 N–H and O–H groups in total. The third-order valence-electron chi connectivity index (χ3n) is 5.32. The Kier molecular flexibility index (Phi) is 3.80. The Bertz CT molecular complexity index is 841. The highest BCUT2D eigenvalue weighted by atomic mass is 19.1. The molecule has 0 radical (unpaired) electrons. The van der Waals surface area contributed by atoms with Crippen LogP contribution in [0.5, 0.6) is 0 Å². The summed E-state index contributed by atoms with van der Waals surface area (Å²) >= 11 is 0. The molecular formula is C19H19F2N3O. The highest BCUT2D eigenvalue weighted by Crippen LogP contribution is 2.39. The molecule has 4 rings (SSSR count). The van der Waals surface area contributed by atoms with Crippen molar-refractivity contribution >= 4 is 5.91 Å². The molecule has 0 saturated carbocycles. The lowest BCUT2D eigenvalue weighted by atomic mass is 9.96. The molecule has 3 heterocycles. The molecule has 2 saturated heterocycles. The first-order valence-electron chi connectivity index (χ1n) is 8.43. The number of hydrogen-bond donors (Lipinski definition) is 1. The van der Waals surface area contributed by atoms with Crippen LogP contribution in [-0.2, 0) is 4.79 Å². The molecule has 2 fully saturated rings. The minimum absolute atomic E-state index is 0.0427. The Morgan fingerprint density at radius 3 is 2.80 bits per heavy atom. The largest absolute Gasteiger partial charge is 0.344 e. The zero-order chi connectivity index (χ0) is 17.6. The summed E-state index contributed by atoms with van der Waals surface area (Å²) in [7, 11) is 1.82. The van der Waals surface area contributed by atoms with E-state index in [9.17, 15) is 13.6 Å². The maximum absolute atomic E-state index is 14.1. The molecule has 4 nitrogen and oxygen atoms in total. The van der Waals surface area contributed by atoms with E-state index in [0.29, 0.717) is 11.1 Å². The van der Waals surface area contributed by atoms with Gasteiger partial charge in [0.2, 0.25) is 5.91 Å². The number of likely N-dealkylation sites (N-methyl/N-ethyl adjacent to an activating group) is 1. The predicted molar refractivity (Wildman–Crippen MR) is 89.7 cm³/mol. The highest BCUT2D eigenvalue weighted by molar-refractivity contribution is 5.88. The van der Waals surface area contributed by atoms with Gasteiger partial charge in [-0.25, -0.2) is 8.78 Å². The van der Waals surface area contributed by atoms with Crippen molar-refractivity contribution in [2.75, 3.05) is 13.6 Å². The summed E-state index contributed by atoms with van der Waals surface area (Å²) in [5, 5.41) is 3.46. The molecule has 1 amide bonds. The smallest absolute Gasteiger partial charge is 0.242 e. The van der Waals surface area contributed by atoms with Gasteiger partial charge in [-0.15, -0.1) is 0 Å². The summed E-state index contributed by atoms with van der Waals surface area (Å²) in [6.07, 6.45) is 4.01. The lowest BCUT2D eigenvalue weighted by Gasteiger charge is -2.23. The van der Waals surface area contributed by atoms with E-state index < -0.39 is 17.2 Å². The molecule has 1 spiro atoms. The first-order valence-corrected chi connectivity index (χ1v) is 8.43. The van der Waals surface area contributed by atoms with Crippen LogP contribution < -0.4 is 5.32 Å². The Hall–Kier alpha value is -2.34. The normalized spacial score (nSPS) is 26.0. The molecular weight excluding hydrogens is 324 g/mol. The van der Waals surface area contributed by atoms with Crippen molar-refractivity contribution < 1.29 is 13.6 Å². The molecule has 0 bridgehead atoms. The van der Waals surface area contributed by atoms with E-state index in [1.807, 2.05) is 13.1 Å². The van der Waals surface area contributed by atoms with Gasteiger partial charge in [-0.1, -0.05) is 0 Å². The number of benzene rings is 1. The number of hydrogen-bond acceptors (Lipinski definition) is 3. The van der Waals surface area contributed by atoms with Gasteiger partial charge in [-0.3, -0.25) is 15.1 Å². The number of nitrogens with zero attached hydrogens (tertiary/aromatic N) is 2. The first kappa shape index (κ1) is 16.1. The second-order valence-electron chi connectivity index (χ2n) is 6.89. The number of carbonyl (C=O) groups is 1. The molecule has 25 heavy (non-hydrogen) atoms. The number of pyridine rings is 1. The van der Waals surface area contributed by atoms with E-state index in [-0.39, 0.29) is 11.9 Å². The number of carbonyl (C=O) groups excluding carboxylic acids is 1. The number of halogens is 2.